The Morgan fingerprint density at radius 1 is 1.38 bits per heavy atom. The summed E-state index contributed by atoms with van der Waals surface area (Å²) in [5.41, 5.74) is -0.436. The molecule has 0 amide bonds. The summed E-state index contributed by atoms with van der Waals surface area (Å²) in [6.45, 7) is 6.31. The monoisotopic (exact) mass is 224 g/mol. The Morgan fingerprint density at radius 3 is 2.62 bits per heavy atom. The Kier molecular flexibility index (Phi) is 5.75. The highest BCUT2D eigenvalue weighted by molar-refractivity contribution is 5.87. The fraction of sp³-hybridized carbons (Fsp3) is 0.786. The largest absolute Gasteiger partial charge is 0.368 e. The maximum Gasteiger partial charge on any atom is 0.164 e. The molecule has 0 bridgehead atoms. The first-order chi connectivity index (χ1) is 7.75. The van der Waals surface area contributed by atoms with Crippen molar-refractivity contribution >= 4 is 5.78 Å². The molecule has 1 fully saturated rings. The lowest BCUT2D eigenvalue weighted by atomic mass is 9.80. The van der Waals surface area contributed by atoms with E-state index < -0.39 is 5.60 Å². The summed E-state index contributed by atoms with van der Waals surface area (Å²) < 4.78 is 5.79. The molecule has 0 saturated heterocycles. The predicted octanol–water partition coefficient (Wildman–Crippen LogP) is 3.65. The molecule has 1 saturated carbocycles. The smallest absolute Gasteiger partial charge is 0.164 e. The second-order valence-corrected chi connectivity index (χ2v) is 4.59. The Hall–Kier alpha value is -0.630. The first kappa shape index (κ1) is 13.4. The molecular formula is C14H24O2. The molecule has 0 heterocycles. The van der Waals surface area contributed by atoms with Crippen molar-refractivity contribution in [3.8, 4) is 0 Å². The Morgan fingerprint density at radius 2 is 2.06 bits per heavy atom. The van der Waals surface area contributed by atoms with Gasteiger partial charge in [-0.1, -0.05) is 25.3 Å². The highest BCUT2D eigenvalue weighted by Gasteiger charge is 2.38. The van der Waals surface area contributed by atoms with E-state index in [-0.39, 0.29) is 0 Å². The van der Waals surface area contributed by atoms with Gasteiger partial charge in [0.1, 0.15) is 5.60 Å². The molecule has 0 spiro atoms. The van der Waals surface area contributed by atoms with E-state index in [0.29, 0.717) is 18.8 Å². The molecule has 0 radical (unpaired) electrons. The lowest BCUT2D eigenvalue weighted by Gasteiger charge is -2.35. The van der Waals surface area contributed by atoms with Crippen LogP contribution in [0, 0.1) is 0 Å². The zero-order valence-corrected chi connectivity index (χ0v) is 10.5. The average Bonchev–Trinajstić information content (AvgIpc) is 2.31. The van der Waals surface area contributed by atoms with Crippen molar-refractivity contribution < 1.29 is 9.53 Å². The summed E-state index contributed by atoms with van der Waals surface area (Å²) in [4.78, 5) is 12.2. The van der Waals surface area contributed by atoms with Gasteiger partial charge in [-0.15, -0.1) is 6.58 Å². The Labute approximate surface area is 99.1 Å². The quantitative estimate of drug-likeness (QED) is 0.487. The normalized spacial score (nSPS) is 19.3. The molecule has 0 N–H and O–H groups in total. The summed E-state index contributed by atoms with van der Waals surface area (Å²) in [6.07, 6.45) is 9.72. The second kappa shape index (κ2) is 6.85. The topological polar surface area (TPSA) is 26.3 Å². The molecule has 0 atom stereocenters. The first-order valence-corrected chi connectivity index (χ1v) is 6.53. The highest BCUT2D eigenvalue weighted by Crippen LogP contribution is 2.33. The van der Waals surface area contributed by atoms with Crippen LogP contribution in [0.5, 0.6) is 0 Å². The molecule has 1 rings (SSSR count). The second-order valence-electron chi connectivity index (χ2n) is 4.59. The van der Waals surface area contributed by atoms with Gasteiger partial charge in [-0.2, -0.15) is 0 Å². The van der Waals surface area contributed by atoms with Crippen molar-refractivity contribution in [3.05, 3.63) is 12.7 Å². The van der Waals surface area contributed by atoms with Crippen molar-refractivity contribution in [2.45, 2.75) is 63.9 Å². The van der Waals surface area contributed by atoms with Crippen LogP contribution in [0.15, 0.2) is 12.7 Å². The van der Waals surface area contributed by atoms with E-state index in [9.17, 15) is 4.79 Å². The van der Waals surface area contributed by atoms with Gasteiger partial charge in [0.2, 0.25) is 0 Å². The van der Waals surface area contributed by atoms with Crippen LogP contribution in [-0.2, 0) is 9.53 Å². The van der Waals surface area contributed by atoms with E-state index in [0.717, 1.165) is 38.5 Å². The average molecular weight is 224 g/mol. The van der Waals surface area contributed by atoms with Crippen molar-refractivity contribution in [3.63, 3.8) is 0 Å². The van der Waals surface area contributed by atoms with E-state index in [1.165, 1.54) is 6.42 Å². The minimum absolute atomic E-state index is 0.316. The molecular weight excluding hydrogens is 200 g/mol. The van der Waals surface area contributed by atoms with Crippen LogP contribution in [-0.4, -0.2) is 18.0 Å². The van der Waals surface area contributed by atoms with Gasteiger partial charge in [0.15, 0.2) is 5.78 Å². The summed E-state index contributed by atoms with van der Waals surface area (Å²) in [6, 6.07) is 0. The molecule has 92 valence electrons. The number of unbranched alkanes of at least 4 members (excludes halogenated alkanes) is 1. The summed E-state index contributed by atoms with van der Waals surface area (Å²) in [5, 5.41) is 0. The molecule has 2 nitrogen and oxygen atoms in total. The number of ketones is 1. The summed E-state index contributed by atoms with van der Waals surface area (Å²) >= 11 is 0. The number of hydrogen-bond acceptors (Lipinski definition) is 2. The van der Waals surface area contributed by atoms with Gasteiger partial charge in [-0.05, 0) is 32.6 Å². The molecule has 0 unspecified atom stereocenters. The zero-order chi connectivity index (χ0) is 11.9. The third-order valence-electron chi connectivity index (χ3n) is 3.40. The molecule has 0 aliphatic heterocycles. The van der Waals surface area contributed by atoms with Crippen LogP contribution in [0.25, 0.3) is 0 Å². The van der Waals surface area contributed by atoms with Crippen LogP contribution in [0.4, 0.5) is 0 Å². The Bertz CT molecular complexity index is 221. The number of ether oxygens (including phenoxy) is 1. The van der Waals surface area contributed by atoms with E-state index in [4.69, 9.17) is 4.74 Å². The van der Waals surface area contributed by atoms with Crippen LogP contribution < -0.4 is 0 Å². The van der Waals surface area contributed by atoms with Gasteiger partial charge in [-0.3, -0.25) is 4.79 Å². The van der Waals surface area contributed by atoms with Crippen LogP contribution >= 0.6 is 0 Å². The Balaban J connectivity index is 2.53. The fourth-order valence-electron chi connectivity index (χ4n) is 2.54. The van der Waals surface area contributed by atoms with Crippen molar-refractivity contribution in [2.75, 3.05) is 6.61 Å². The van der Waals surface area contributed by atoms with Crippen LogP contribution in [0.2, 0.25) is 0 Å². The van der Waals surface area contributed by atoms with Crippen molar-refractivity contribution in [1.82, 2.24) is 0 Å². The zero-order valence-electron chi connectivity index (χ0n) is 10.5. The number of carbonyl (C=O) groups excluding carboxylic acids is 1. The highest BCUT2D eigenvalue weighted by atomic mass is 16.5. The van der Waals surface area contributed by atoms with Crippen LogP contribution in [0.3, 0.4) is 0 Å². The van der Waals surface area contributed by atoms with Gasteiger partial charge in [0, 0.05) is 13.0 Å². The van der Waals surface area contributed by atoms with E-state index in [2.05, 4.69) is 6.58 Å². The molecule has 2 heteroatoms. The number of hydrogen-bond donors (Lipinski definition) is 0. The molecule has 1 aliphatic rings. The molecule has 1 aliphatic carbocycles. The van der Waals surface area contributed by atoms with E-state index in [1.54, 1.807) is 0 Å². The van der Waals surface area contributed by atoms with Crippen LogP contribution in [0.1, 0.15) is 58.3 Å². The number of carbonyl (C=O) groups is 1. The minimum Gasteiger partial charge on any atom is -0.368 e. The van der Waals surface area contributed by atoms with Gasteiger partial charge >= 0.3 is 0 Å². The number of Topliss-reactive ketones (excluding diaryl/α,β-unsaturated/α-hetero) is 1. The van der Waals surface area contributed by atoms with Gasteiger partial charge in [0.25, 0.3) is 0 Å². The van der Waals surface area contributed by atoms with Gasteiger partial charge in [0.05, 0.1) is 0 Å². The number of allylic oxidation sites excluding steroid dienone is 1. The third-order valence-corrected chi connectivity index (χ3v) is 3.40. The lowest BCUT2D eigenvalue weighted by molar-refractivity contribution is -0.149. The maximum absolute atomic E-state index is 12.2. The first-order valence-electron chi connectivity index (χ1n) is 6.53. The predicted molar refractivity (Wildman–Crippen MR) is 66.5 cm³/mol. The van der Waals surface area contributed by atoms with E-state index >= 15 is 0 Å². The SMILES string of the molecule is C=CCCCC(=O)C1(OCC)CCCCC1. The summed E-state index contributed by atoms with van der Waals surface area (Å²) in [5.74, 6) is 0.316. The van der Waals surface area contributed by atoms with E-state index in [1.807, 2.05) is 13.0 Å². The fourth-order valence-corrected chi connectivity index (χ4v) is 2.54. The van der Waals surface area contributed by atoms with Crippen molar-refractivity contribution in [2.24, 2.45) is 0 Å². The number of rotatable bonds is 7. The lowest BCUT2D eigenvalue weighted by Crippen LogP contribution is -2.43. The van der Waals surface area contributed by atoms with Gasteiger partial charge < -0.3 is 4.74 Å². The minimum atomic E-state index is -0.436. The van der Waals surface area contributed by atoms with Crippen molar-refractivity contribution in [1.29, 1.82) is 0 Å². The molecule has 0 aromatic carbocycles. The standard InChI is InChI=1S/C14H24O2/c1-3-5-7-10-13(15)14(16-4-2)11-8-6-9-12-14/h3H,1,4-12H2,2H3. The van der Waals surface area contributed by atoms with Gasteiger partial charge in [-0.25, -0.2) is 0 Å². The third kappa shape index (κ3) is 3.44. The molecule has 16 heavy (non-hydrogen) atoms. The maximum atomic E-state index is 12.2. The molecule has 0 aromatic rings. The molecule has 0 aromatic heterocycles. The summed E-state index contributed by atoms with van der Waals surface area (Å²) in [7, 11) is 0.